The van der Waals surface area contributed by atoms with E-state index in [2.05, 4.69) is 17.1 Å². The van der Waals surface area contributed by atoms with E-state index in [1.165, 1.54) is 14.2 Å². The van der Waals surface area contributed by atoms with E-state index >= 15 is 0 Å². The number of piperidine rings is 1. The highest BCUT2D eigenvalue weighted by Crippen LogP contribution is 2.29. The van der Waals surface area contributed by atoms with Gasteiger partial charge in [-0.15, -0.1) is 5.10 Å². The Hall–Kier alpha value is -2.62. The minimum absolute atomic E-state index is 0.00461. The van der Waals surface area contributed by atoms with Gasteiger partial charge in [-0.3, -0.25) is 4.79 Å². The predicted molar refractivity (Wildman–Crippen MR) is 99.9 cm³/mol. The van der Waals surface area contributed by atoms with Gasteiger partial charge in [0.1, 0.15) is 17.3 Å². The SMILES string of the molecule is COc1cc(OC)cc(-c2nnc(S(=O)(=O)CC(=O)N3CCC(C)CC3)o2)c1. The first kappa shape index (κ1) is 20.1. The van der Waals surface area contributed by atoms with Gasteiger partial charge >= 0.3 is 5.22 Å². The van der Waals surface area contributed by atoms with Gasteiger partial charge in [-0.25, -0.2) is 8.42 Å². The number of sulfone groups is 1. The standard InChI is InChI=1S/C18H23N3O6S/c1-12-4-6-21(7-5-12)16(22)11-28(23,24)18-20-19-17(27-18)13-8-14(25-2)10-15(9-13)26-3/h8-10,12H,4-7,11H2,1-3H3. The topological polar surface area (TPSA) is 112 Å². The molecule has 2 heterocycles. The molecule has 1 fully saturated rings. The number of carbonyl (C=O) groups excluding carboxylic acids is 1. The third-order valence-electron chi connectivity index (χ3n) is 4.72. The molecule has 1 aromatic carbocycles. The number of benzene rings is 1. The third-order valence-corrected chi connectivity index (χ3v) is 6.04. The molecule has 1 aliphatic rings. The van der Waals surface area contributed by atoms with Crippen LogP contribution in [0.2, 0.25) is 0 Å². The van der Waals surface area contributed by atoms with Crippen LogP contribution in [-0.4, -0.2) is 62.5 Å². The van der Waals surface area contributed by atoms with E-state index in [0.29, 0.717) is 36.1 Å². The molecule has 0 radical (unpaired) electrons. The maximum absolute atomic E-state index is 12.5. The van der Waals surface area contributed by atoms with Crippen LogP contribution in [0.15, 0.2) is 27.8 Å². The summed E-state index contributed by atoms with van der Waals surface area (Å²) in [5.41, 5.74) is 0.446. The number of aromatic nitrogens is 2. The van der Waals surface area contributed by atoms with Gasteiger partial charge in [0.25, 0.3) is 0 Å². The van der Waals surface area contributed by atoms with Crippen LogP contribution in [0.25, 0.3) is 11.5 Å². The van der Waals surface area contributed by atoms with Crippen LogP contribution < -0.4 is 9.47 Å². The van der Waals surface area contributed by atoms with Crippen molar-refractivity contribution in [2.24, 2.45) is 5.92 Å². The number of nitrogens with zero attached hydrogens (tertiary/aromatic N) is 3. The fourth-order valence-corrected chi connectivity index (χ4v) is 3.96. The fourth-order valence-electron chi connectivity index (χ4n) is 2.96. The van der Waals surface area contributed by atoms with Gasteiger partial charge in [-0.2, -0.15) is 0 Å². The van der Waals surface area contributed by atoms with Crippen LogP contribution >= 0.6 is 0 Å². The predicted octanol–water partition coefficient (Wildman–Crippen LogP) is 1.79. The summed E-state index contributed by atoms with van der Waals surface area (Å²) < 4.78 is 40.8. The molecular formula is C18H23N3O6S. The summed E-state index contributed by atoms with van der Waals surface area (Å²) in [5.74, 6) is 0.381. The average molecular weight is 409 g/mol. The molecule has 0 N–H and O–H groups in total. The molecule has 1 amide bonds. The summed E-state index contributed by atoms with van der Waals surface area (Å²) in [4.78, 5) is 13.9. The van der Waals surface area contributed by atoms with Crippen LogP contribution in [0.1, 0.15) is 19.8 Å². The first-order valence-corrected chi connectivity index (χ1v) is 10.5. The number of carbonyl (C=O) groups is 1. The molecule has 0 unspecified atom stereocenters. The highest BCUT2D eigenvalue weighted by Gasteiger charge is 2.30. The fraction of sp³-hybridized carbons (Fsp3) is 0.500. The first-order chi connectivity index (χ1) is 13.3. The Labute approximate surface area is 163 Å². The zero-order valence-electron chi connectivity index (χ0n) is 16.0. The van der Waals surface area contributed by atoms with E-state index < -0.39 is 26.7 Å². The Balaban J connectivity index is 1.78. The number of hydrogen-bond acceptors (Lipinski definition) is 8. The van der Waals surface area contributed by atoms with Crippen molar-refractivity contribution < 1.29 is 27.1 Å². The van der Waals surface area contributed by atoms with Crippen LogP contribution in [-0.2, 0) is 14.6 Å². The van der Waals surface area contributed by atoms with Crippen LogP contribution in [0.4, 0.5) is 0 Å². The molecule has 9 nitrogen and oxygen atoms in total. The van der Waals surface area contributed by atoms with Crippen molar-refractivity contribution in [3.63, 3.8) is 0 Å². The van der Waals surface area contributed by atoms with Crippen molar-refractivity contribution in [2.75, 3.05) is 33.1 Å². The molecule has 28 heavy (non-hydrogen) atoms. The summed E-state index contributed by atoms with van der Waals surface area (Å²) in [6.07, 6.45) is 1.74. The lowest BCUT2D eigenvalue weighted by Gasteiger charge is -2.30. The summed E-state index contributed by atoms with van der Waals surface area (Å²) >= 11 is 0. The Morgan fingerprint density at radius 3 is 2.32 bits per heavy atom. The molecule has 3 rings (SSSR count). The Kier molecular flexibility index (Phi) is 5.87. The molecule has 0 aliphatic carbocycles. The molecule has 0 atom stereocenters. The zero-order valence-corrected chi connectivity index (χ0v) is 16.9. The number of amides is 1. The third kappa shape index (κ3) is 4.44. The number of likely N-dealkylation sites (tertiary alicyclic amines) is 1. The van der Waals surface area contributed by atoms with E-state index in [1.807, 2.05) is 0 Å². The lowest BCUT2D eigenvalue weighted by molar-refractivity contribution is -0.129. The molecule has 0 spiro atoms. The molecule has 0 bridgehead atoms. The second-order valence-electron chi connectivity index (χ2n) is 6.80. The van der Waals surface area contributed by atoms with Gasteiger partial charge in [0.2, 0.25) is 21.6 Å². The van der Waals surface area contributed by atoms with Crippen molar-refractivity contribution in [1.82, 2.24) is 15.1 Å². The molecule has 1 saturated heterocycles. The maximum Gasteiger partial charge on any atom is 0.336 e. The van der Waals surface area contributed by atoms with Gasteiger partial charge in [-0.05, 0) is 30.9 Å². The Morgan fingerprint density at radius 2 is 1.75 bits per heavy atom. The largest absolute Gasteiger partial charge is 0.497 e. The number of methoxy groups -OCH3 is 2. The monoisotopic (exact) mass is 409 g/mol. The van der Waals surface area contributed by atoms with E-state index in [1.54, 1.807) is 23.1 Å². The maximum atomic E-state index is 12.5. The van der Waals surface area contributed by atoms with Crippen molar-refractivity contribution in [3.05, 3.63) is 18.2 Å². The van der Waals surface area contributed by atoms with Gasteiger partial charge < -0.3 is 18.8 Å². The van der Waals surface area contributed by atoms with Crippen LogP contribution in [0.5, 0.6) is 11.5 Å². The quantitative estimate of drug-likeness (QED) is 0.710. The van der Waals surface area contributed by atoms with E-state index in [-0.39, 0.29) is 5.89 Å². The molecule has 10 heteroatoms. The van der Waals surface area contributed by atoms with Crippen molar-refractivity contribution in [3.8, 4) is 23.0 Å². The summed E-state index contributed by atoms with van der Waals surface area (Å²) in [7, 11) is -1.04. The summed E-state index contributed by atoms with van der Waals surface area (Å²) in [5, 5.41) is 6.85. The molecule has 0 saturated carbocycles. The van der Waals surface area contributed by atoms with Crippen molar-refractivity contribution >= 4 is 15.7 Å². The average Bonchev–Trinajstić information content (AvgIpc) is 3.19. The lowest BCUT2D eigenvalue weighted by Crippen LogP contribution is -2.41. The van der Waals surface area contributed by atoms with Gasteiger partial charge in [0.15, 0.2) is 0 Å². The molecule has 1 aromatic heterocycles. The van der Waals surface area contributed by atoms with Crippen LogP contribution in [0, 0.1) is 5.92 Å². The van der Waals surface area contributed by atoms with Gasteiger partial charge in [0, 0.05) is 24.7 Å². The molecule has 1 aliphatic heterocycles. The van der Waals surface area contributed by atoms with Crippen LogP contribution in [0.3, 0.4) is 0 Å². The van der Waals surface area contributed by atoms with Crippen molar-refractivity contribution in [1.29, 1.82) is 0 Å². The van der Waals surface area contributed by atoms with E-state index in [9.17, 15) is 13.2 Å². The van der Waals surface area contributed by atoms with Gasteiger partial charge in [0.05, 0.1) is 14.2 Å². The molecule has 152 valence electrons. The Bertz CT molecular complexity index is 926. The summed E-state index contributed by atoms with van der Waals surface area (Å²) in [6.45, 7) is 3.24. The highest BCUT2D eigenvalue weighted by molar-refractivity contribution is 7.91. The summed E-state index contributed by atoms with van der Waals surface area (Å²) in [6, 6.07) is 4.90. The van der Waals surface area contributed by atoms with E-state index in [4.69, 9.17) is 13.9 Å². The van der Waals surface area contributed by atoms with Crippen molar-refractivity contribution in [2.45, 2.75) is 25.0 Å². The van der Waals surface area contributed by atoms with E-state index in [0.717, 1.165) is 12.8 Å². The second kappa shape index (κ2) is 8.17. The lowest BCUT2D eigenvalue weighted by atomic mass is 9.99. The van der Waals surface area contributed by atoms with Gasteiger partial charge in [-0.1, -0.05) is 12.0 Å². The molecular weight excluding hydrogens is 386 g/mol. The smallest absolute Gasteiger partial charge is 0.336 e. The Morgan fingerprint density at radius 1 is 1.14 bits per heavy atom. The minimum Gasteiger partial charge on any atom is -0.497 e. The second-order valence-corrected chi connectivity index (χ2v) is 8.66. The number of hydrogen-bond donors (Lipinski definition) is 0. The highest BCUT2D eigenvalue weighted by atomic mass is 32.2. The number of ether oxygens (including phenoxy) is 2. The number of rotatable bonds is 6. The molecule has 2 aromatic rings. The zero-order chi connectivity index (χ0) is 20.3. The first-order valence-electron chi connectivity index (χ1n) is 8.90. The minimum atomic E-state index is -4.03. The normalized spacial score (nSPS) is 15.5.